The van der Waals surface area contributed by atoms with Gasteiger partial charge in [-0.2, -0.15) is 0 Å². The molecule has 0 aromatic carbocycles. The lowest BCUT2D eigenvalue weighted by molar-refractivity contribution is -0.364. The maximum Gasteiger partial charge on any atom is 0.187 e. The Morgan fingerprint density at radius 2 is 1.54 bits per heavy atom. The highest BCUT2D eigenvalue weighted by Gasteiger charge is 2.59. The molecule has 0 saturated carbocycles. The molecule has 0 bridgehead atoms. The molecule has 12 nitrogen and oxygen atoms in total. The molecule has 26 heavy (non-hydrogen) atoms. The molecule has 2 aliphatic heterocycles. The van der Waals surface area contributed by atoms with Crippen LogP contribution >= 0.6 is 0 Å². The number of carbonyl (C=O) groups is 1. The molecule has 0 aromatic rings. The SMILES string of the molecule is CC(=O)[C@]1(O)[C@H](O)[C@@H](CO)O[C@@H](O[C@H]2[C@H](O)[C@@H](O)[C@H](O)O[C@@H]2CO)[C@@H]1O. The molecular weight excluding hydrogens is 360 g/mol. The van der Waals surface area contributed by atoms with Gasteiger partial charge in [0.15, 0.2) is 24.0 Å². The third kappa shape index (κ3) is 3.50. The summed E-state index contributed by atoms with van der Waals surface area (Å²) in [6, 6.07) is 0. The highest BCUT2D eigenvalue weighted by atomic mass is 16.7. The van der Waals surface area contributed by atoms with E-state index in [-0.39, 0.29) is 0 Å². The van der Waals surface area contributed by atoms with Crippen molar-refractivity contribution in [3.05, 3.63) is 0 Å². The molecule has 0 amide bonds. The van der Waals surface area contributed by atoms with E-state index in [9.17, 15) is 45.6 Å². The van der Waals surface area contributed by atoms with Crippen LogP contribution in [0.25, 0.3) is 0 Å². The molecule has 0 radical (unpaired) electrons. The van der Waals surface area contributed by atoms with Crippen molar-refractivity contribution >= 4 is 5.78 Å². The fourth-order valence-corrected chi connectivity index (χ4v) is 3.04. The van der Waals surface area contributed by atoms with Crippen LogP contribution < -0.4 is 0 Å². The van der Waals surface area contributed by atoms with E-state index in [1.165, 1.54) is 0 Å². The van der Waals surface area contributed by atoms with E-state index < -0.39 is 79.9 Å². The van der Waals surface area contributed by atoms with Crippen LogP contribution in [0.2, 0.25) is 0 Å². The number of Topliss-reactive ketones (excluding diaryl/α,β-unsaturated/α-hetero) is 1. The topological polar surface area (TPSA) is 207 Å². The summed E-state index contributed by atoms with van der Waals surface area (Å²) < 4.78 is 15.3. The van der Waals surface area contributed by atoms with Crippen LogP contribution in [0.4, 0.5) is 0 Å². The van der Waals surface area contributed by atoms with E-state index in [4.69, 9.17) is 14.2 Å². The first kappa shape index (κ1) is 21.5. The second-order valence-electron chi connectivity index (χ2n) is 6.33. The van der Waals surface area contributed by atoms with E-state index in [0.717, 1.165) is 6.92 Å². The lowest BCUT2D eigenvalue weighted by atomic mass is 9.81. The number of hydrogen-bond donors (Lipinski definition) is 8. The van der Waals surface area contributed by atoms with Crippen molar-refractivity contribution in [2.75, 3.05) is 13.2 Å². The summed E-state index contributed by atoms with van der Waals surface area (Å²) in [7, 11) is 0. The van der Waals surface area contributed by atoms with Crippen LogP contribution in [-0.2, 0) is 19.0 Å². The van der Waals surface area contributed by atoms with Crippen molar-refractivity contribution in [2.24, 2.45) is 0 Å². The largest absolute Gasteiger partial charge is 0.394 e. The number of aliphatic hydroxyl groups excluding tert-OH is 7. The molecule has 0 unspecified atom stereocenters. The van der Waals surface area contributed by atoms with Crippen LogP contribution in [0.1, 0.15) is 6.92 Å². The van der Waals surface area contributed by atoms with Gasteiger partial charge in [-0.15, -0.1) is 0 Å². The Balaban J connectivity index is 2.27. The first-order chi connectivity index (χ1) is 12.1. The summed E-state index contributed by atoms with van der Waals surface area (Å²) in [6.45, 7) is -0.687. The summed E-state index contributed by atoms with van der Waals surface area (Å²) in [5, 5.41) is 78.5. The fraction of sp³-hybridized carbons (Fsp3) is 0.929. The molecule has 152 valence electrons. The maximum absolute atomic E-state index is 11.8. The maximum atomic E-state index is 11.8. The van der Waals surface area contributed by atoms with E-state index in [1.54, 1.807) is 0 Å². The zero-order valence-corrected chi connectivity index (χ0v) is 13.8. The summed E-state index contributed by atoms with van der Waals surface area (Å²) >= 11 is 0. The third-order valence-corrected chi connectivity index (χ3v) is 4.70. The number of hydrogen-bond acceptors (Lipinski definition) is 12. The van der Waals surface area contributed by atoms with E-state index in [2.05, 4.69) is 0 Å². The summed E-state index contributed by atoms with van der Waals surface area (Å²) in [4.78, 5) is 11.8. The second kappa shape index (κ2) is 8.08. The normalized spacial score (nSPS) is 49.8. The summed E-state index contributed by atoms with van der Waals surface area (Å²) in [5.74, 6) is -1.03. The standard InChI is InChI=1S/C14H24O12/c1-4(17)14(23)10(20)6(3-16)25-13(11(14)21)26-9-5(2-15)24-12(22)8(19)7(9)18/h5-13,15-16,18-23H,2-3H2,1H3/t5-,6-,7-,8-,9-,10-,11+,12-,13+,14+/m1/s1. The minimum Gasteiger partial charge on any atom is -0.394 e. The monoisotopic (exact) mass is 384 g/mol. The zero-order chi connectivity index (χ0) is 19.8. The van der Waals surface area contributed by atoms with E-state index in [0.29, 0.717) is 0 Å². The van der Waals surface area contributed by atoms with E-state index in [1.807, 2.05) is 0 Å². The van der Waals surface area contributed by atoms with E-state index >= 15 is 0 Å². The average Bonchev–Trinajstić information content (AvgIpc) is 2.61. The number of ketones is 1. The van der Waals surface area contributed by atoms with Crippen LogP contribution in [0, 0.1) is 0 Å². The fourth-order valence-electron chi connectivity index (χ4n) is 3.04. The van der Waals surface area contributed by atoms with Crippen molar-refractivity contribution < 1.29 is 59.9 Å². The van der Waals surface area contributed by atoms with Crippen LogP contribution in [0.15, 0.2) is 0 Å². The van der Waals surface area contributed by atoms with Gasteiger partial charge in [0.25, 0.3) is 0 Å². The molecule has 0 aliphatic carbocycles. The Morgan fingerprint density at radius 1 is 0.962 bits per heavy atom. The third-order valence-electron chi connectivity index (χ3n) is 4.70. The van der Waals surface area contributed by atoms with Crippen molar-refractivity contribution in [3.8, 4) is 0 Å². The number of rotatable bonds is 5. The molecule has 2 heterocycles. The van der Waals surface area contributed by atoms with Gasteiger partial charge < -0.3 is 55.1 Å². The molecule has 10 atom stereocenters. The molecule has 8 N–H and O–H groups in total. The molecule has 2 saturated heterocycles. The molecule has 2 aliphatic rings. The highest BCUT2D eigenvalue weighted by molar-refractivity contribution is 5.86. The van der Waals surface area contributed by atoms with Crippen molar-refractivity contribution in [3.63, 3.8) is 0 Å². The predicted molar refractivity (Wildman–Crippen MR) is 78.2 cm³/mol. The van der Waals surface area contributed by atoms with Gasteiger partial charge in [0.1, 0.15) is 42.7 Å². The minimum absolute atomic E-state index is 0.753. The lowest BCUT2D eigenvalue weighted by Crippen LogP contribution is -2.71. The smallest absolute Gasteiger partial charge is 0.187 e. The van der Waals surface area contributed by atoms with Crippen LogP contribution in [-0.4, -0.2) is 121 Å². The molecule has 12 heteroatoms. The predicted octanol–water partition coefficient (Wildman–Crippen LogP) is -5.44. The first-order valence-electron chi connectivity index (χ1n) is 7.91. The van der Waals surface area contributed by atoms with Crippen molar-refractivity contribution in [2.45, 2.75) is 67.8 Å². The van der Waals surface area contributed by atoms with Gasteiger partial charge in [0.05, 0.1) is 13.2 Å². The summed E-state index contributed by atoms with van der Waals surface area (Å²) in [6.07, 6.45) is -15.7. The number of carbonyl (C=O) groups excluding carboxylic acids is 1. The summed E-state index contributed by atoms with van der Waals surface area (Å²) in [5.41, 5.74) is -2.73. The van der Waals surface area contributed by atoms with Gasteiger partial charge in [-0.3, -0.25) is 4.79 Å². The van der Waals surface area contributed by atoms with Crippen molar-refractivity contribution in [1.82, 2.24) is 0 Å². The van der Waals surface area contributed by atoms with Crippen LogP contribution in [0.3, 0.4) is 0 Å². The molecule has 2 fully saturated rings. The minimum atomic E-state index is -2.73. The lowest BCUT2D eigenvalue weighted by Gasteiger charge is -2.48. The number of ether oxygens (including phenoxy) is 3. The van der Waals surface area contributed by atoms with Gasteiger partial charge in [0.2, 0.25) is 0 Å². The Kier molecular flexibility index (Phi) is 6.69. The van der Waals surface area contributed by atoms with Gasteiger partial charge in [-0.1, -0.05) is 0 Å². The molecular formula is C14H24O12. The average molecular weight is 384 g/mol. The Hall–Kier alpha value is -0.770. The van der Waals surface area contributed by atoms with Gasteiger partial charge in [-0.05, 0) is 6.92 Å². The molecule has 0 aromatic heterocycles. The van der Waals surface area contributed by atoms with Crippen molar-refractivity contribution in [1.29, 1.82) is 0 Å². The Bertz CT molecular complexity index is 500. The van der Waals surface area contributed by atoms with Gasteiger partial charge in [0, 0.05) is 0 Å². The highest BCUT2D eigenvalue weighted by Crippen LogP contribution is 2.34. The molecule has 0 spiro atoms. The van der Waals surface area contributed by atoms with Crippen LogP contribution in [0.5, 0.6) is 0 Å². The zero-order valence-electron chi connectivity index (χ0n) is 13.8. The first-order valence-corrected chi connectivity index (χ1v) is 7.91. The quantitative estimate of drug-likeness (QED) is 0.223. The van der Waals surface area contributed by atoms with Gasteiger partial charge in [-0.25, -0.2) is 0 Å². The molecule has 2 rings (SSSR count). The Morgan fingerprint density at radius 3 is 2.04 bits per heavy atom. The van der Waals surface area contributed by atoms with Gasteiger partial charge >= 0.3 is 0 Å². The Labute approximate surface area is 147 Å². The second-order valence-corrected chi connectivity index (χ2v) is 6.33. The number of aliphatic hydroxyl groups is 8.